The summed E-state index contributed by atoms with van der Waals surface area (Å²) in [6.07, 6.45) is 6.43. The second-order valence-electron chi connectivity index (χ2n) is 7.78. The summed E-state index contributed by atoms with van der Waals surface area (Å²) >= 11 is 6.35. The summed E-state index contributed by atoms with van der Waals surface area (Å²) in [6.45, 7) is 2.73. The highest BCUT2D eigenvalue weighted by Crippen LogP contribution is 2.48. The largest absolute Gasteiger partial charge is 0.493 e. The predicted octanol–water partition coefficient (Wildman–Crippen LogP) is 5.22. The summed E-state index contributed by atoms with van der Waals surface area (Å²) in [6, 6.07) is 5.55. The number of carbonyl (C=O) groups is 2. The third kappa shape index (κ3) is 3.50. The Morgan fingerprint density at radius 3 is 2.29 bits per heavy atom. The number of rotatable bonds is 5. The van der Waals surface area contributed by atoms with E-state index in [4.69, 9.17) is 16.3 Å². The van der Waals surface area contributed by atoms with Gasteiger partial charge in [0.1, 0.15) is 5.75 Å². The minimum atomic E-state index is -0.373. The zero-order valence-corrected chi connectivity index (χ0v) is 17.0. The minimum Gasteiger partial charge on any atom is -0.493 e. The Kier molecular flexibility index (Phi) is 5.58. The molecule has 0 amide bonds. The molecule has 148 valence electrons. The molecule has 0 saturated carbocycles. The van der Waals surface area contributed by atoms with Gasteiger partial charge in [-0.05, 0) is 50.3 Å². The van der Waals surface area contributed by atoms with Gasteiger partial charge >= 0.3 is 0 Å². The molecule has 28 heavy (non-hydrogen) atoms. The van der Waals surface area contributed by atoms with Crippen LogP contribution in [0.15, 0.2) is 40.7 Å². The first-order chi connectivity index (χ1) is 13.6. The van der Waals surface area contributed by atoms with Crippen LogP contribution in [-0.2, 0) is 9.59 Å². The third-order valence-electron chi connectivity index (χ3n) is 5.83. The minimum absolute atomic E-state index is 0.128. The molecule has 5 heteroatoms. The van der Waals surface area contributed by atoms with E-state index in [-0.39, 0.29) is 17.5 Å². The number of ketones is 2. The molecule has 4 rings (SSSR count). The van der Waals surface area contributed by atoms with Crippen LogP contribution >= 0.6 is 11.6 Å². The standard InChI is InChI=1S/C23H26ClNO3/c1-2-3-12-28-20-11-10-14(24)13-15(20)21-22-16(6-4-8-18(22)26)25-17-7-5-9-19(27)23(17)21/h10-11,13,21,25H,2-9,12H2,1H3. The normalized spacial score (nSPS) is 20.1. The van der Waals surface area contributed by atoms with Crippen LogP contribution in [0.5, 0.6) is 5.75 Å². The Hall–Kier alpha value is -2.07. The van der Waals surface area contributed by atoms with Gasteiger partial charge in [0, 0.05) is 51.9 Å². The lowest BCUT2D eigenvalue weighted by Gasteiger charge is -2.37. The summed E-state index contributed by atoms with van der Waals surface area (Å²) in [5, 5.41) is 4.04. The molecule has 4 nitrogen and oxygen atoms in total. The average Bonchev–Trinajstić information content (AvgIpc) is 2.68. The fourth-order valence-electron chi connectivity index (χ4n) is 4.50. The highest BCUT2D eigenvalue weighted by atomic mass is 35.5. The zero-order chi connectivity index (χ0) is 19.7. The first kappa shape index (κ1) is 19.3. The molecular formula is C23H26ClNO3. The molecule has 0 bridgehead atoms. The first-order valence-corrected chi connectivity index (χ1v) is 10.7. The lowest BCUT2D eigenvalue weighted by molar-refractivity contribution is -0.116. The van der Waals surface area contributed by atoms with Gasteiger partial charge in [0.15, 0.2) is 11.6 Å². The van der Waals surface area contributed by atoms with Crippen LogP contribution in [-0.4, -0.2) is 18.2 Å². The van der Waals surface area contributed by atoms with Crippen molar-refractivity contribution < 1.29 is 14.3 Å². The van der Waals surface area contributed by atoms with Gasteiger partial charge in [0.2, 0.25) is 0 Å². The van der Waals surface area contributed by atoms with Crippen molar-refractivity contribution >= 4 is 23.2 Å². The number of unbranched alkanes of at least 4 members (excludes halogenated alkanes) is 1. The lowest BCUT2D eigenvalue weighted by Crippen LogP contribution is -2.36. The van der Waals surface area contributed by atoms with E-state index in [0.29, 0.717) is 24.5 Å². The van der Waals surface area contributed by atoms with Crippen LogP contribution in [0, 0.1) is 0 Å². The summed E-state index contributed by atoms with van der Waals surface area (Å²) < 4.78 is 6.07. The van der Waals surface area contributed by atoms with E-state index >= 15 is 0 Å². The van der Waals surface area contributed by atoms with E-state index in [2.05, 4.69) is 12.2 Å². The van der Waals surface area contributed by atoms with Crippen LogP contribution in [0.25, 0.3) is 0 Å². The number of ether oxygens (including phenoxy) is 1. The Labute approximate surface area is 171 Å². The van der Waals surface area contributed by atoms with E-state index < -0.39 is 0 Å². The number of hydrogen-bond donors (Lipinski definition) is 1. The maximum atomic E-state index is 12.9. The Balaban J connectivity index is 1.86. The van der Waals surface area contributed by atoms with Gasteiger partial charge in [-0.15, -0.1) is 0 Å². The molecule has 1 aliphatic heterocycles. The van der Waals surface area contributed by atoms with Gasteiger partial charge in [-0.1, -0.05) is 24.9 Å². The SMILES string of the molecule is CCCCOc1ccc(Cl)cc1C1C2=C(CCCC2=O)NC2=C1C(=O)CCC2. The van der Waals surface area contributed by atoms with Gasteiger partial charge in [-0.3, -0.25) is 9.59 Å². The van der Waals surface area contributed by atoms with Crippen molar-refractivity contribution in [3.63, 3.8) is 0 Å². The monoisotopic (exact) mass is 399 g/mol. The summed E-state index contributed by atoms with van der Waals surface area (Å²) in [4.78, 5) is 25.9. The Morgan fingerprint density at radius 2 is 1.68 bits per heavy atom. The summed E-state index contributed by atoms with van der Waals surface area (Å²) in [5.41, 5.74) is 4.28. The maximum Gasteiger partial charge on any atom is 0.161 e. The molecule has 0 fully saturated rings. The number of Topliss-reactive ketones (excluding diaryl/α,β-unsaturated/α-hetero) is 2. The number of carbonyl (C=O) groups excluding carboxylic acids is 2. The predicted molar refractivity (Wildman–Crippen MR) is 109 cm³/mol. The van der Waals surface area contributed by atoms with E-state index in [1.54, 1.807) is 0 Å². The van der Waals surface area contributed by atoms with Gasteiger partial charge in [0.05, 0.1) is 6.61 Å². The average molecular weight is 400 g/mol. The fourth-order valence-corrected chi connectivity index (χ4v) is 4.68. The van der Waals surface area contributed by atoms with Gasteiger partial charge in [-0.2, -0.15) is 0 Å². The number of benzene rings is 1. The summed E-state index contributed by atoms with van der Waals surface area (Å²) in [5.74, 6) is 0.605. The maximum absolute atomic E-state index is 12.9. The van der Waals surface area contributed by atoms with Gasteiger partial charge in [0.25, 0.3) is 0 Å². The van der Waals surface area contributed by atoms with Crippen LogP contribution in [0.2, 0.25) is 5.02 Å². The molecule has 1 aromatic carbocycles. The molecule has 0 saturated heterocycles. The smallest absolute Gasteiger partial charge is 0.161 e. The highest BCUT2D eigenvalue weighted by molar-refractivity contribution is 6.30. The number of halogens is 1. The van der Waals surface area contributed by atoms with E-state index in [0.717, 1.165) is 72.4 Å². The summed E-state index contributed by atoms with van der Waals surface area (Å²) in [7, 11) is 0. The van der Waals surface area contributed by atoms with E-state index in [1.165, 1.54) is 0 Å². The van der Waals surface area contributed by atoms with Crippen molar-refractivity contribution in [2.75, 3.05) is 6.61 Å². The third-order valence-corrected chi connectivity index (χ3v) is 6.06. The molecule has 0 radical (unpaired) electrons. The van der Waals surface area contributed by atoms with Crippen molar-refractivity contribution in [2.45, 2.75) is 64.2 Å². The van der Waals surface area contributed by atoms with Crippen molar-refractivity contribution in [2.24, 2.45) is 0 Å². The number of nitrogens with one attached hydrogen (secondary N) is 1. The molecule has 3 aliphatic rings. The quantitative estimate of drug-likeness (QED) is 0.689. The number of hydrogen-bond acceptors (Lipinski definition) is 4. The molecule has 1 N–H and O–H groups in total. The van der Waals surface area contributed by atoms with Crippen molar-refractivity contribution in [3.05, 3.63) is 51.3 Å². The second-order valence-corrected chi connectivity index (χ2v) is 8.22. The van der Waals surface area contributed by atoms with E-state index in [9.17, 15) is 9.59 Å². The molecule has 2 aliphatic carbocycles. The molecule has 1 heterocycles. The van der Waals surface area contributed by atoms with Crippen LogP contribution in [0.1, 0.15) is 69.8 Å². The first-order valence-electron chi connectivity index (χ1n) is 10.3. The second kappa shape index (κ2) is 8.12. The van der Waals surface area contributed by atoms with E-state index in [1.807, 2.05) is 18.2 Å². The lowest BCUT2D eigenvalue weighted by atomic mass is 9.71. The van der Waals surface area contributed by atoms with Crippen LogP contribution < -0.4 is 10.1 Å². The fraction of sp³-hybridized carbons (Fsp3) is 0.478. The number of dihydropyridines is 1. The van der Waals surface area contributed by atoms with Gasteiger partial charge < -0.3 is 10.1 Å². The molecular weight excluding hydrogens is 374 g/mol. The van der Waals surface area contributed by atoms with Crippen LogP contribution in [0.3, 0.4) is 0 Å². The zero-order valence-electron chi connectivity index (χ0n) is 16.3. The highest BCUT2D eigenvalue weighted by Gasteiger charge is 2.41. The molecule has 0 aromatic heterocycles. The topological polar surface area (TPSA) is 55.4 Å². The van der Waals surface area contributed by atoms with Crippen molar-refractivity contribution in [1.29, 1.82) is 0 Å². The Morgan fingerprint density at radius 1 is 1.04 bits per heavy atom. The Bertz CT molecular complexity index is 842. The molecule has 0 atom stereocenters. The number of allylic oxidation sites excluding steroid dienone is 4. The molecule has 1 aromatic rings. The van der Waals surface area contributed by atoms with Crippen LogP contribution in [0.4, 0.5) is 0 Å². The van der Waals surface area contributed by atoms with Crippen molar-refractivity contribution in [1.82, 2.24) is 5.32 Å². The van der Waals surface area contributed by atoms with Gasteiger partial charge in [-0.25, -0.2) is 0 Å². The van der Waals surface area contributed by atoms with Crippen molar-refractivity contribution in [3.8, 4) is 5.75 Å². The molecule has 0 unspecified atom stereocenters. The molecule has 0 spiro atoms.